The molecule has 1 fully saturated rings. The Bertz CT molecular complexity index is 1340. The normalized spacial score (nSPS) is 16.1. The van der Waals surface area contributed by atoms with Crippen LogP contribution in [0.5, 0.6) is 5.75 Å². The molecular weight excluding hydrogens is 429 g/mol. The SMILES string of the molecule is Cc1cccc(C(Oc2ccc3c(cnn3-c3ccc(F)cc3)c2)C(C)NC(=O)C2(C)CC2)c1. The third-order valence-corrected chi connectivity index (χ3v) is 6.61. The van der Waals surface area contributed by atoms with E-state index in [0.717, 1.165) is 40.6 Å². The lowest BCUT2D eigenvalue weighted by atomic mass is 10.00. The van der Waals surface area contributed by atoms with Crippen LogP contribution >= 0.6 is 0 Å². The maximum atomic E-state index is 13.3. The summed E-state index contributed by atoms with van der Waals surface area (Å²) in [6.07, 6.45) is 3.27. The van der Waals surface area contributed by atoms with Gasteiger partial charge in [-0.3, -0.25) is 4.79 Å². The molecule has 0 aliphatic heterocycles. The molecule has 0 saturated heterocycles. The largest absolute Gasteiger partial charge is 0.484 e. The Labute approximate surface area is 198 Å². The van der Waals surface area contributed by atoms with Crippen LogP contribution in [0.1, 0.15) is 43.9 Å². The van der Waals surface area contributed by atoms with Gasteiger partial charge in [-0.15, -0.1) is 0 Å². The monoisotopic (exact) mass is 457 g/mol. The van der Waals surface area contributed by atoms with Crippen molar-refractivity contribution in [2.24, 2.45) is 5.41 Å². The van der Waals surface area contributed by atoms with Crippen molar-refractivity contribution in [1.29, 1.82) is 0 Å². The first kappa shape index (κ1) is 22.1. The standard InChI is InChI=1S/C28H28FN3O2/c1-18-5-4-6-20(15-18)26(19(2)31-27(33)28(3)13-14-28)34-24-11-12-25-21(16-24)17-30-32(25)23-9-7-22(29)8-10-23/h4-12,15-17,19,26H,13-14H2,1-3H3,(H,31,33). The van der Waals surface area contributed by atoms with E-state index >= 15 is 0 Å². The first-order valence-electron chi connectivity index (χ1n) is 11.6. The minimum atomic E-state index is -0.351. The molecule has 34 heavy (non-hydrogen) atoms. The van der Waals surface area contributed by atoms with E-state index in [0.29, 0.717) is 5.75 Å². The molecule has 1 aromatic heterocycles. The fraction of sp³-hybridized carbons (Fsp3) is 0.286. The van der Waals surface area contributed by atoms with Crippen LogP contribution in [0.2, 0.25) is 0 Å². The second-order valence-electron chi connectivity index (χ2n) is 9.53. The fourth-order valence-electron chi connectivity index (χ4n) is 4.20. The van der Waals surface area contributed by atoms with Crippen LogP contribution in [0.15, 0.2) is 72.9 Å². The Morgan fingerprint density at radius 2 is 1.88 bits per heavy atom. The van der Waals surface area contributed by atoms with Gasteiger partial charge >= 0.3 is 0 Å². The molecule has 1 heterocycles. The first-order chi connectivity index (χ1) is 16.3. The zero-order valence-corrected chi connectivity index (χ0v) is 19.6. The third kappa shape index (κ3) is 4.40. The number of halogens is 1. The molecule has 6 heteroatoms. The van der Waals surface area contributed by atoms with Gasteiger partial charge < -0.3 is 10.1 Å². The highest BCUT2D eigenvalue weighted by Crippen LogP contribution is 2.45. The van der Waals surface area contributed by atoms with E-state index in [2.05, 4.69) is 16.5 Å². The predicted molar refractivity (Wildman–Crippen MR) is 131 cm³/mol. The Balaban J connectivity index is 1.43. The summed E-state index contributed by atoms with van der Waals surface area (Å²) < 4.78 is 21.6. The Morgan fingerprint density at radius 3 is 2.59 bits per heavy atom. The number of aryl methyl sites for hydroxylation is 1. The number of benzene rings is 3. The highest BCUT2D eigenvalue weighted by Gasteiger charge is 2.45. The van der Waals surface area contributed by atoms with Crippen molar-refractivity contribution >= 4 is 16.8 Å². The van der Waals surface area contributed by atoms with Gasteiger partial charge in [-0.05, 0) is 74.7 Å². The van der Waals surface area contributed by atoms with Crippen LogP contribution in [0, 0.1) is 18.2 Å². The third-order valence-electron chi connectivity index (χ3n) is 6.61. The minimum absolute atomic E-state index is 0.0808. The van der Waals surface area contributed by atoms with E-state index in [9.17, 15) is 9.18 Å². The number of nitrogens with one attached hydrogen (secondary N) is 1. The molecule has 5 nitrogen and oxygen atoms in total. The molecule has 2 atom stereocenters. The molecule has 174 valence electrons. The van der Waals surface area contributed by atoms with Gasteiger partial charge in [0.15, 0.2) is 0 Å². The van der Waals surface area contributed by atoms with E-state index in [1.165, 1.54) is 12.1 Å². The topological polar surface area (TPSA) is 56.1 Å². The van der Waals surface area contributed by atoms with Crippen LogP contribution in [-0.2, 0) is 4.79 Å². The van der Waals surface area contributed by atoms with Crippen LogP contribution < -0.4 is 10.1 Å². The smallest absolute Gasteiger partial charge is 0.226 e. The van der Waals surface area contributed by atoms with Crippen molar-refractivity contribution in [3.63, 3.8) is 0 Å². The number of carbonyl (C=O) groups excluding carboxylic acids is 1. The fourth-order valence-corrected chi connectivity index (χ4v) is 4.20. The van der Waals surface area contributed by atoms with Gasteiger partial charge in [-0.2, -0.15) is 5.10 Å². The number of rotatable bonds is 7. The number of carbonyl (C=O) groups is 1. The lowest BCUT2D eigenvalue weighted by molar-refractivity contribution is -0.127. The minimum Gasteiger partial charge on any atom is -0.484 e. The molecule has 0 spiro atoms. The molecule has 4 aromatic rings. The molecule has 0 bridgehead atoms. The average Bonchev–Trinajstić information content (AvgIpc) is 3.44. The Hall–Kier alpha value is -3.67. The second kappa shape index (κ2) is 8.60. The van der Waals surface area contributed by atoms with Gasteiger partial charge in [-0.1, -0.05) is 36.8 Å². The van der Waals surface area contributed by atoms with E-state index < -0.39 is 0 Å². The van der Waals surface area contributed by atoms with Gasteiger partial charge in [0.05, 0.1) is 23.4 Å². The van der Waals surface area contributed by atoms with Crippen molar-refractivity contribution in [2.75, 3.05) is 0 Å². The van der Waals surface area contributed by atoms with Crippen molar-refractivity contribution in [3.8, 4) is 11.4 Å². The zero-order valence-electron chi connectivity index (χ0n) is 19.6. The van der Waals surface area contributed by atoms with Gasteiger partial charge in [0.25, 0.3) is 0 Å². The highest BCUT2D eigenvalue weighted by atomic mass is 19.1. The summed E-state index contributed by atoms with van der Waals surface area (Å²) in [5, 5.41) is 8.56. The summed E-state index contributed by atoms with van der Waals surface area (Å²) in [7, 11) is 0. The van der Waals surface area contributed by atoms with E-state index in [-0.39, 0.29) is 29.3 Å². The number of ether oxygens (including phenoxy) is 1. The Morgan fingerprint density at radius 1 is 1.12 bits per heavy atom. The van der Waals surface area contributed by atoms with Gasteiger partial charge in [0.2, 0.25) is 5.91 Å². The molecule has 2 unspecified atom stereocenters. The summed E-state index contributed by atoms with van der Waals surface area (Å²) >= 11 is 0. The molecule has 0 radical (unpaired) electrons. The zero-order chi connectivity index (χ0) is 23.9. The average molecular weight is 458 g/mol. The maximum absolute atomic E-state index is 13.3. The lowest BCUT2D eigenvalue weighted by Gasteiger charge is -2.28. The summed E-state index contributed by atoms with van der Waals surface area (Å²) in [6.45, 7) is 6.04. The molecule has 1 aliphatic rings. The summed E-state index contributed by atoms with van der Waals surface area (Å²) in [4.78, 5) is 12.7. The molecular formula is C28H28FN3O2. The summed E-state index contributed by atoms with van der Waals surface area (Å²) in [6, 6.07) is 20.0. The van der Waals surface area contributed by atoms with Crippen LogP contribution in [0.25, 0.3) is 16.6 Å². The molecule has 1 aliphatic carbocycles. The van der Waals surface area contributed by atoms with Crippen molar-refractivity contribution in [3.05, 3.63) is 89.9 Å². The van der Waals surface area contributed by atoms with E-state index in [1.54, 1.807) is 23.0 Å². The predicted octanol–water partition coefficient (Wildman–Crippen LogP) is 5.90. The summed E-state index contributed by atoms with van der Waals surface area (Å²) in [5.41, 5.74) is 3.58. The number of aromatic nitrogens is 2. The van der Waals surface area contributed by atoms with Crippen LogP contribution in [0.4, 0.5) is 4.39 Å². The Kier molecular flexibility index (Phi) is 5.60. The number of hydrogen-bond donors (Lipinski definition) is 1. The molecule has 1 amide bonds. The van der Waals surface area contributed by atoms with Gasteiger partial charge in [-0.25, -0.2) is 9.07 Å². The maximum Gasteiger partial charge on any atom is 0.226 e. The van der Waals surface area contributed by atoms with Crippen LogP contribution in [0.3, 0.4) is 0 Å². The van der Waals surface area contributed by atoms with Crippen molar-refractivity contribution < 1.29 is 13.9 Å². The van der Waals surface area contributed by atoms with Crippen LogP contribution in [-0.4, -0.2) is 21.7 Å². The van der Waals surface area contributed by atoms with Gasteiger partial charge in [0, 0.05) is 10.8 Å². The quantitative estimate of drug-likeness (QED) is 0.376. The molecule has 1 N–H and O–H groups in total. The first-order valence-corrected chi connectivity index (χ1v) is 11.6. The number of nitrogens with zero attached hydrogens (tertiary/aromatic N) is 2. The molecule has 3 aromatic carbocycles. The van der Waals surface area contributed by atoms with Crippen molar-refractivity contribution in [1.82, 2.24) is 15.1 Å². The molecule has 5 rings (SSSR count). The van der Waals surface area contributed by atoms with Gasteiger partial charge in [0.1, 0.15) is 17.7 Å². The number of hydrogen-bond acceptors (Lipinski definition) is 3. The lowest BCUT2D eigenvalue weighted by Crippen LogP contribution is -2.42. The second-order valence-corrected chi connectivity index (χ2v) is 9.53. The molecule has 1 saturated carbocycles. The van der Waals surface area contributed by atoms with Crippen molar-refractivity contribution in [2.45, 2.75) is 45.8 Å². The highest BCUT2D eigenvalue weighted by molar-refractivity contribution is 5.85. The summed E-state index contributed by atoms with van der Waals surface area (Å²) in [5.74, 6) is 0.489. The number of fused-ring (bicyclic) bond motifs is 1. The van der Waals surface area contributed by atoms with E-state index in [4.69, 9.17) is 4.74 Å². The van der Waals surface area contributed by atoms with E-state index in [1.807, 2.05) is 57.2 Å². The number of amides is 1.